The van der Waals surface area contributed by atoms with Crippen molar-refractivity contribution in [1.29, 1.82) is 0 Å². The maximum atomic E-state index is 11.7. The van der Waals surface area contributed by atoms with Crippen molar-refractivity contribution in [1.82, 2.24) is 15.5 Å². The van der Waals surface area contributed by atoms with Crippen LogP contribution < -0.4 is 10.9 Å². The first kappa shape index (κ1) is 11.1. The number of rotatable bonds is 3. The highest BCUT2D eigenvalue weighted by Gasteiger charge is 2.14. The monoisotopic (exact) mass is 233 g/mol. The average Bonchev–Trinajstić information content (AvgIpc) is 2.83. The van der Waals surface area contributed by atoms with Crippen LogP contribution in [0.3, 0.4) is 0 Å². The van der Waals surface area contributed by atoms with E-state index in [1.54, 1.807) is 19.1 Å². The van der Waals surface area contributed by atoms with Crippen LogP contribution in [-0.4, -0.2) is 16.1 Å². The highest BCUT2D eigenvalue weighted by molar-refractivity contribution is 5.92. The molecule has 0 saturated carbocycles. The lowest BCUT2D eigenvalue weighted by atomic mass is 10.2. The van der Waals surface area contributed by atoms with Crippen molar-refractivity contribution in [3.05, 3.63) is 52.3 Å². The first-order valence-electron chi connectivity index (χ1n) is 5.07. The van der Waals surface area contributed by atoms with Crippen molar-refractivity contribution in [2.24, 2.45) is 0 Å². The predicted octanol–water partition coefficient (Wildman–Crippen LogP) is 0.854. The molecule has 1 atom stereocenters. The summed E-state index contributed by atoms with van der Waals surface area (Å²) in [5.41, 5.74) is -0.191. The number of carbonyl (C=O) groups excluding carboxylic acids is 1. The predicted molar refractivity (Wildman–Crippen MR) is 59.4 cm³/mol. The Bertz CT molecular complexity index is 539. The fraction of sp³-hybridized carbons (Fsp3) is 0.182. The van der Waals surface area contributed by atoms with Gasteiger partial charge in [-0.3, -0.25) is 9.59 Å². The van der Waals surface area contributed by atoms with E-state index in [1.807, 2.05) is 0 Å². The van der Waals surface area contributed by atoms with Gasteiger partial charge in [-0.15, -0.1) is 0 Å². The number of carbonyl (C=O) groups is 1. The number of aromatic nitrogens is 2. The third kappa shape index (κ3) is 2.60. The molecule has 2 rings (SSSR count). The topological polar surface area (TPSA) is 88.0 Å². The standard InChI is InChI=1S/C11H11N3O3/c1-7(9-3-2-6-17-9)12-11(16)8-4-5-10(15)14-13-8/h2-7H,1H3,(H,12,16)(H,14,15). The fourth-order valence-electron chi connectivity index (χ4n) is 1.35. The lowest BCUT2D eigenvalue weighted by Gasteiger charge is -2.10. The maximum Gasteiger partial charge on any atom is 0.272 e. The molecule has 2 heterocycles. The molecule has 0 fully saturated rings. The first-order chi connectivity index (χ1) is 8.16. The van der Waals surface area contributed by atoms with Gasteiger partial charge in [0.1, 0.15) is 11.5 Å². The van der Waals surface area contributed by atoms with Crippen molar-refractivity contribution in [2.45, 2.75) is 13.0 Å². The van der Waals surface area contributed by atoms with E-state index in [9.17, 15) is 9.59 Å². The third-order valence-corrected chi connectivity index (χ3v) is 2.23. The molecule has 88 valence electrons. The van der Waals surface area contributed by atoms with Crippen LogP contribution in [0.5, 0.6) is 0 Å². The van der Waals surface area contributed by atoms with E-state index in [1.165, 1.54) is 18.4 Å². The summed E-state index contributed by atoms with van der Waals surface area (Å²) < 4.78 is 5.16. The van der Waals surface area contributed by atoms with Crippen molar-refractivity contribution in [3.63, 3.8) is 0 Å². The number of hydrogen-bond acceptors (Lipinski definition) is 4. The van der Waals surface area contributed by atoms with Gasteiger partial charge in [-0.25, -0.2) is 5.10 Å². The molecule has 0 aliphatic heterocycles. The highest BCUT2D eigenvalue weighted by atomic mass is 16.3. The zero-order valence-corrected chi connectivity index (χ0v) is 9.14. The summed E-state index contributed by atoms with van der Waals surface area (Å²) in [6, 6.07) is 5.87. The highest BCUT2D eigenvalue weighted by Crippen LogP contribution is 2.12. The SMILES string of the molecule is CC(NC(=O)c1ccc(=O)[nH]n1)c1ccco1. The Morgan fingerprint density at radius 1 is 1.47 bits per heavy atom. The molecule has 2 N–H and O–H groups in total. The summed E-state index contributed by atoms with van der Waals surface area (Å²) in [7, 11) is 0. The molecule has 0 spiro atoms. The molecular formula is C11H11N3O3. The minimum atomic E-state index is -0.370. The van der Waals surface area contributed by atoms with Gasteiger partial charge in [-0.2, -0.15) is 5.10 Å². The zero-order valence-electron chi connectivity index (χ0n) is 9.14. The molecule has 2 aromatic rings. The normalized spacial score (nSPS) is 12.1. The summed E-state index contributed by atoms with van der Waals surface area (Å²) in [5.74, 6) is 0.285. The second kappa shape index (κ2) is 4.65. The molecule has 1 amide bonds. The molecule has 6 heteroatoms. The molecule has 0 aliphatic carbocycles. The second-order valence-corrected chi connectivity index (χ2v) is 3.52. The van der Waals surface area contributed by atoms with Gasteiger partial charge in [0.05, 0.1) is 12.3 Å². The van der Waals surface area contributed by atoms with Crippen LogP contribution in [0.4, 0.5) is 0 Å². The molecule has 1 unspecified atom stereocenters. The Kier molecular flexibility index (Phi) is 3.04. The Balaban J connectivity index is 2.07. The molecule has 2 aromatic heterocycles. The van der Waals surface area contributed by atoms with Crippen LogP contribution in [0, 0.1) is 0 Å². The van der Waals surface area contributed by atoms with Gasteiger partial charge < -0.3 is 9.73 Å². The molecule has 0 aromatic carbocycles. The van der Waals surface area contributed by atoms with Crippen LogP contribution in [0.2, 0.25) is 0 Å². The van der Waals surface area contributed by atoms with Crippen molar-refractivity contribution in [2.75, 3.05) is 0 Å². The summed E-state index contributed by atoms with van der Waals surface area (Å²) in [6.45, 7) is 1.79. The number of aromatic amines is 1. The summed E-state index contributed by atoms with van der Waals surface area (Å²) in [4.78, 5) is 22.5. The average molecular weight is 233 g/mol. The van der Waals surface area contributed by atoms with Crippen molar-refractivity contribution < 1.29 is 9.21 Å². The Morgan fingerprint density at radius 2 is 2.29 bits per heavy atom. The molecule has 6 nitrogen and oxygen atoms in total. The van der Waals surface area contributed by atoms with Crippen LogP contribution >= 0.6 is 0 Å². The van der Waals surface area contributed by atoms with Crippen LogP contribution in [0.15, 0.2) is 39.7 Å². The van der Waals surface area contributed by atoms with Gasteiger partial charge in [-0.05, 0) is 25.1 Å². The number of furan rings is 1. The molecule has 0 bridgehead atoms. The van der Waals surface area contributed by atoms with Crippen molar-refractivity contribution >= 4 is 5.91 Å². The van der Waals surface area contributed by atoms with Gasteiger partial charge in [-0.1, -0.05) is 0 Å². The summed E-state index contributed by atoms with van der Waals surface area (Å²) in [5, 5.41) is 8.53. The fourth-order valence-corrected chi connectivity index (χ4v) is 1.35. The lowest BCUT2D eigenvalue weighted by Crippen LogP contribution is -2.28. The van der Waals surface area contributed by atoms with E-state index in [4.69, 9.17) is 4.42 Å². The van der Waals surface area contributed by atoms with Crippen molar-refractivity contribution in [3.8, 4) is 0 Å². The van der Waals surface area contributed by atoms with E-state index in [0.717, 1.165) is 0 Å². The maximum absolute atomic E-state index is 11.7. The molecule has 0 radical (unpaired) electrons. The molecule has 0 aliphatic rings. The zero-order chi connectivity index (χ0) is 12.3. The minimum absolute atomic E-state index is 0.156. The Morgan fingerprint density at radius 3 is 2.88 bits per heavy atom. The molecular weight excluding hydrogens is 222 g/mol. The first-order valence-corrected chi connectivity index (χ1v) is 5.07. The van der Waals surface area contributed by atoms with Gasteiger partial charge in [0.25, 0.3) is 11.5 Å². The number of nitrogens with zero attached hydrogens (tertiary/aromatic N) is 1. The number of H-pyrrole nitrogens is 1. The smallest absolute Gasteiger partial charge is 0.272 e. The summed E-state index contributed by atoms with van der Waals surface area (Å²) in [6.07, 6.45) is 1.54. The van der Waals surface area contributed by atoms with Crippen LogP contribution in [0.25, 0.3) is 0 Å². The second-order valence-electron chi connectivity index (χ2n) is 3.52. The number of nitrogens with one attached hydrogen (secondary N) is 2. The summed E-state index contributed by atoms with van der Waals surface area (Å²) >= 11 is 0. The largest absolute Gasteiger partial charge is 0.467 e. The third-order valence-electron chi connectivity index (χ3n) is 2.23. The van der Waals surface area contributed by atoms with Gasteiger partial charge in [0.2, 0.25) is 0 Å². The van der Waals surface area contributed by atoms with E-state index >= 15 is 0 Å². The van der Waals surface area contributed by atoms with E-state index in [0.29, 0.717) is 5.76 Å². The van der Waals surface area contributed by atoms with E-state index < -0.39 is 0 Å². The number of amides is 1. The minimum Gasteiger partial charge on any atom is -0.467 e. The quantitative estimate of drug-likeness (QED) is 0.822. The molecule has 17 heavy (non-hydrogen) atoms. The van der Waals surface area contributed by atoms with Crippen LogP contribution in [0.1, 0.15) is 29.2 Å². The van der Waals surface area contributed by atoms with Gasteiger partial charge in [0, 0.05) is 6.07 Å². The van der Waals surface area contributed by atoms with E-state index in [-0.39, 0.29) is 23.2 Å². The van der Waals surface area contributed by atoms with E-state index in [2.05, 4.69) is 15.5 Å². The number of hydrogen-bond donors (Lipinski definition) is 2. The van der Waals surface area contributed by atoms with Gasteiger partial charge in [0.15, 0.2) is 0 Å². The Hall–Kier alpha value is -2.37. The van der Waals surface area contributed by atoms with Crippen LogP contribution in [-0.2, 0) is 0 Å². The molecule has 0 saturated heterocycles. The lowest BCUT2D eigenvalue weighted by molar-refractivity contribution is 0.0929. The van der Waals surface area contributed by atoms with Gasteiger partial charge >= 0.3 is 0 Å². The Labute approximate surface area is 96.7 Å².